The number of rotatable bonds is 3. The number of hydrogen-bond donors (Lipinski definition) is 1. The molecule has 0 aromatic heterocycles. The number of carbonyl (C=O) groups excluding carboxylic acids is 2. The molecule has 2 aromatic carbocycles. The zero-order valence-corrected chi connectivity index (χ0v) is 14.1. The van der Waals surface area contributed by atoms with Gasteiger partial charge in [-0.3, -0.25) is 19.7 Å². The minimum atomic E-state index is -0.504. The first-order valence-corrected chi connectivity index (χ1v) is 8.57. The monoisotopic (exact) mass is 352 g/mol. The molecule has 1 saturated heterocycles. The van der Waals surface area contributed by atoms with E-state index < -0.39 is 11.0 Å². The molecule has 7 heteroatoms. The maximum Gasteiger partial charge on any atom is 0.292 e. The number of carbonyl (C=O) groups is 2. The summed E-state index contributed by atoms with van der Waals surface area (Å²) in [6.45, 7) is 1.54. The molecular weight excluding hydrogens is 334 g/mol. The highest BCUT2D eigenvalue weighted by molar-refractivity contribution is 6.21. The van der Waals surface area contributed by atoms with Gasteiger partial charge >= 0.3 is 0 Å². The van der Waals surface area contributed by atoms with Gasteiger partial charge in [0, 0.05) is 24.1 Å². The summed E-state index contributed by atoms with van der Waals surface area (Å²) in [6, 6.07) is 13.3. The fourth-order valence-corrected chi connectivity index (χ4v) is 3.85. The van der Waals surface area contributed by atoms with Crippen LogP contribution in [0.25, 0.3) is 0 Å². The summed E-state index contributed by atoms with van der Waals surface area (Å²) < 4.78 is 0. The first-order chi connectivity index (χ1) is 12.5. The Balaban J connectivity index is 1.55. The Labute approximate surface area is 150 Å². The molecule has 2 aliphatic rings. The number of imide groups is 1. The van der Waals surface area contributed by atoms with E-state index in [4.69, 9.17) is 0 Å². The maximum absolute atomic E-state index is 12.9. The van der Waals surface area contributed by atoms with Crippen LogP contribution in [0.3, 0.4) is 0 Å². The van der Waals surface area contributed by atoms with Crippen LogP contribution in [0.5, 0.6) is 0 Å². The third-order valence-corrected chi connectivity index (χ3v) is 5.21. The van der Waals surface area contributed by atoms with Crippen LogP contribution in [-0.4, -0.2) is 29.3 Å². The lowest BCUT2D eigenvalue weighted by Gasteiger charge is -2.29. The summed E-state index contributed by atoms with van der Waals surface area (Å²) in [7, 11) is 0. The highest BCUT2D eigenvalue weighted by atomic mass is 16.6. The fraction of sp³-hybridized carbons (Fsp3) is 0.263. The van der Waals surface area contributed by atoms with Crippen LogP contribution in [0, 0.1) is 10.1 Å². The van der Waals surface area contributed by atoms with Crippen LogP contribution >= 0.6 is 0 Å². The number of benzene rings is 2. The quantitative estimate of drug-likeness (QED) is 0.505. The van der Waals surface area contributed by atoms with Gasteiger partial charge in [-0.1, -0.05) is 24.3 Å². The summed E-state index contributed by atoms with van der Waals surface area (Å²) >= 11 is 0. The average molecular weight is 352 g/mol. The van der Waals surface area contributed by atoms with Gasteiger partial charge in [-0.15, -0.1) is 0 Å². The number of hydrogen-bond acceptors (Lipinski definition) is 4. The van der Waals surface area contributed by atoms with Gasteiger partial charge in [0.05, 0.1) is 23.6 Å². The molecule has 2 aliphatic heterocycles. The van der Waals surface area contributed by atoms with E-state index in [1.165, 1.54) is 40.3 Å². The van der Waals surface area contributed by atoms with Gasteiger partial charge in [-0.25, -0.2) is 4.90 Å². The number of nitro groups is 1. The van der Waals surface area contributed by atoms with E-state index >= 15 is 0 Å². The van der Waals surface area contributed by atoms with E-state index in [0.29, 0.717) is 5.69 Å². The van der Waals surface area contributed by atoms with Gasteiger partial charge in [-0.2, -0.15) is 0 Å². The van der Waals surface area contributed by atoms with Crippen LogP contribution < -0.4 is 9.80 Å². The summed E-state index contributed by atoms with van der Waals surface area (Å²) in [5.74, 6) is -0.474. The minimum Gasteiger partial charge on any atom is -0.320 e. The van der Waals surface area contributed by atoms with Crippen LogP contribution in [-0.2, 0) is 22.6 Å². The second-order valence-corrected chi connectivity index (χ2v) is 6.70. The van der Waals surface area contributed by atoms with Crippen molar-refractivity contribution in [2.24, 2.45) is 0 Å². The third-order valence-electron chi connectivity index (χ3n) is 5.21. The van der Waals surface area contributed by atoms with Crippen LogP contribution in [0.4, 0.5) is 11.4 Å². The van der Waals surface area contributed by atoms with Crippen molar-refractivity contribution in [2.45, 2.75) is 25.4 Å². The van der Waals surface area contributed by atoms with E-state index in [0.717, 1.165) is 24.4 Å². The van der Waals surface area contributed by atoms with Crippen molar-refractivity contribution in [2.75, 3.05) is 11.4 Å². The molecule has 0 bridgehead atoms. The van der Waals surface area contributed by atoms with Gasteiger partial charge in [0.25, 0.3) is 11.6 Å². The van der Waals surface area contributed by atoms with E-state index in [1.54, 1.807) is 0 Å². The number of nitrogens with zero attached hydrogens (tertiary/aromatic N) is 2. The summed E-state index contributed by atoms with van der Waals surface area (Å²) in [5, 5.41) is 10.8. The van der Waals surface area contributed by atoms with Crippen molar-refractivity contribution < 1.29 is 19.4 Å². The Hall–Kier alpha value is -3.06. The molecule has 1 unspecified atom stereocenters. The number of nitro benzene ring substituents is 1. The van der Waals surface area contributed by atoms with Gasteiger partial charge < -0.3 is 4.90 Å². The van der Waals surface area contributed by atoms with Crippen LogP contribution in [0.2, 0.25) is 0 Å². The Kier molecular flexibility index (Phi) is 4.00. The number of quaternary nitrogens is 1. The molecule has 1 fully saturated rings. The van der Waals surface area contributed by atoms with Crippen LogP contribution in [0.15, 0.2) is 48.5 Å². The van der Waals surface area contributed by atoms with E-state index in [1.807, 2.05) is 12.1 Å². The lowest BCUT2D eigenvalue weighted by atomic mass is 9.98. The molecule has 26 heavy (non-hydrogen) atoms. The molecule has 7 nitrogen and oxygen atoms in total. The molecular formula is C19H18N3O4+. The topological polar surface area (TPSA) is 85.0 Å². The van der Waals surface area contributed by atoms with Crippen LogP contribution in [0.1, 0.15) is 17.5 Å². The molecule has 2 heterocycles. The molecule has 2 aromatic rings. The largest absolute Gasteiger partial charge is 0.320 e. The van der Waals surface area contributed by atoms with E-state index in [9.17, 15) is 19.7 Å². The number of non-ortho nitro benzene ring substituents is 1. The summed E-state index contributed by atoms with van der Waals surface area (Å²) in [4.78, 5) is 37.9. The van der Waals surface area contributed by atoms with Crippen molar-refractivity contribution in [3.8, 4) is 0 Å². The number of amides is 2. The SMILES string of the molecule is O=C1C[C@H]([NH+]2CCc3ccccc3C2)C(=O)N1c1ccc([N+](=O)[O-])cc1. The smallest absolute Gasteiger partial charge is 0.292 e. The van der Waals surface area contributed by atoms with Gasteiger partial charge in [0.2, 0.25) is 5.91 Å². The predicted octanol–water partition coefficient (Wildman–Crippen LogP) is 0.868. The zero-order chi connectivity index (χ0) is 18.3. The molecule has 0 saturated carbocycles. The van der Waals surface area contributed by atoms with Gasteiger partial charge in [0.1, 0.15) is 6.54 Å². The van der Waals surface area contributed by atoms with Gasteiger partial charge in [0.15, 0.2) is 6.04 Å². The highest BCUT2D eigenvalue weighted by Gasteiger charge is 2.46. The van der Waals surface area contributed by atoms with Crippen molar-refractivity contribution in [1.29, 1.82) is 0 Å². The lowest BCUT2D eigenvalue weighted by molar-refractivity contribution is -0.930. The normalized spacial score (nSPS) is 22.4. The minimum absolute atomic E-state index is 0.0670. The zero-order valence-electron chi connectivity index (χ0n) is 14.1. The second kappa shape index (κ2) is 6.34. The Morgan fingerprint density at radius 2 is 1.73 bits per heavy atom. The van der Waals surface area contributed by atoms with Crippen molar-refractivity contribution in [1.82, 2.24) is 0 Å². The van der Waals surface area contributed by atoms with Crippen molar-refractivity contribution in [3.63, 3.8) is 0 Å². The second-order valence-electron chi connectivity index (χ2n) is 6.70. The summed E-state index contributed by atoms with van der Waals surface area (Å²) in [6.07, 6.45) is 1.06. The Morgan fingerprint density at radius 1 is 1.04 bits per heavy atom. The maximum atomic E-state index is 12.9. The fourth-order valence-electron chi connectivity index (χ4n) is 3.85. The van der Waals surface area contributed by atoms with Gasteiger partial charge in [-0.05, 0) is 17.7 Å². The molecule has 1 N–H and O–H groups in total. The first kappa shape index (κ1) is 16.4. The van der Waals surface area contributed by atoms with E-state index in [2.05, 4.69) is 12.1 Å². The first-order valence-electron chi connectivity index (χ1n) is 8.57. The highest BCUT2D eigenvalue weighted by Crippen LogP contribution is 2.25. The molecule has 0 radical (unpaired) electrons. The van der Waals surface area contributed by atoms with Crippen molar-refractivity contribution >= 4 is 23.2 Å². The molecule has 0 spiro atoms. The number of nitrogens with one attached hydrogen (secondary N) is 1. The summed E-state index contributed by atoms with van der Waals surface area (Å²) in [5.41, 5.74) is 2.86. The molecule has 4 rings (SSSR count). The number of fused-ring (bicyclic) bond motifs is 1. The Morgan fingerprint density at radius 3 is 2.42 bits per heavy atom. The standard InChI is InChI=1S/C19H17N3O4/c23-18-11-17(20-10-9-13-3-1-2-4-14(13)12-20)19(24)21(18)15-5-7-16(8-6-15)22(25)26/h1-8,17H,9-12H2/p+1/t17-/m0/s1. The molecule has 0 aliphatic carbocycles. The lowest BCUT2D eigenvalue weighted by Crippen LogP contribution is -3.16. The van der Waals surface area contributed by atoms with E-state index in [-0.39, 0.29) is 23.9 Å². The predicted molar refractivity (Wildman–Crippen MR) is 93.7 cm³/mol. The number of anilines is 1. The molecule has 2 atom stereocenters. The Bertz CT molecular complexity index is 894. The van der Waals surface area contributed by atoms with Crippen molar-refractivity contribution in [3.05, 3.63) is 69.8 Å². The average Bonchev–Trinajstić information content (AvgIpc) is 2.95. The molecule has 132 valence electrons. The molecule has 2 amide bonds. The third kappa shape index (κ3) is 2.76.